The van der Waals surface area contributed by atoms with Crippen LogP contribution < -0.4 is 10.1 Å². The van der Waals surface area contributed by atoms with E-state index in [1.807, 2.05) is 0 Å². The van der Waals surface area contributed by atoms with Gasteiger partial charge in [-0.15, -0.1) is 0 Å². The second-order valence-electron chi connectivity index (χ2n) is 6.14. The Morgan fingerprint density at radius 1 is 1.21 bits per heavy atom. The molecule has 0 spiro atoms. The van der Waals surface area contributed by atoms with Crippen LogP contribution in [-0.2, 0) is 12.8 Å². The van der Waals surface area contributed by atoms with Gasteiger partial charge in [-0.25, -0.2) is 0 Å². The van der Waals surface area contributed by atoms with E-state index < -0.39 is 0 Å². The van der Waals surface area contributed by atoms with Crippen LogP contribution in [0.15, 0.2) is 18.2 Å². The molecule has 106 valence electrons. The van der Waals surface area contributed by atoms with Crippen LogP contribution in [0.2, 0.25) is 0 Å². The molecule has 0 saturated carbocycles. The third kappa shape index (κ3) is 4.24. The predicted molar refractivity (Wildman–Crippen MR) is 81.0 cm³/mol. The first kappa shape index (κ1) is 14.4. The smallest absolute Gasteiger partial charge is 0.123 e. The highest BCUT2D eigenvalue weighted by Crippen LogP contribution is 2.35. The predicted octanol–water partition coefficient (Wildman–Crippen LogP) is 3.72. The molecule has 1 N–H and O–H groups in total. The lowest BCUT2D eigenvalue weighted by Crippen LogP contribution is -2.24. The number of ether oxygens (including phenoxy) is 1. The van der Waals surface area contributed by atoms with E-state index in [4.69, 9.17) is 4.74 Å². The van der Waals surface area contributed by atoms with Gasteiger partial charge in [-0.2, -0.15) is 0 Å². The highest BCUT2D eigenvalue weighted by molar-refractivity contribution is 5.41. The molecule has 0 bridgehead atoms. The van der Waals surface area contributed by atoms with Gasteiger partial charge in [0.25, 0.3) is 0 Å². The van der Waals surface area contributed by atoms with Crippen molar-refractivity contribution in [3.8, 4) is 5.75 Å². The molecule has 2 rings (SSSR count). The number of unbranched alkanes of at least 4 members (excludes halogenated alkanes) is 2. The van der Waals surface area contributed by atoms with Gasteiger partial charge in [0.1, 0.15) is 11.4 Å². The van der Waals surface area contributed by atoms with Crippen molar-refractivity contribution in [2.75, 3.05) is 13.1 Å². The second kappa shape index (κ2) is 6.42. The van der Waals surface area contributed by atoms with Crippen LogP contribution in [0.1, 0.15) is 51.2 Å². The molecule has 2 heteroatoms. The number of aryl methyl sites for hydroxylation is 1. The van der Waals surface area contributed by atoms with Gasteiger partial charge in [0.15, 0.2) is 0 Å². The molecule has 0 amide bonds. The van der Waals surface area contributed by atoms with Crippen LogP contribution in [0.25, 0.3) is 0 Å². The standard InChI is InChI=1S/C17H27NO/c1-4-18-11-7-5-6-8-14-9-10-16-15(12-14)13-17(2,3)19-16/h9-10,12,18H,4-8,11,13H2,1-3H3. The fraction of sp³-hybridized carbons (Fsp3) is 0.647. The third-order valence-corrected chi connectivity index (χ3v) is 3.70. The normalized spacial score (nSPS) is 16.2. The van der Waals surface area contributed by atoms with Crippen molar-refractivity contribution in [1.29, 1.82) is 0 Å². The summed E-state index contributed by atoms with van der Waals surface area (Å²) in [6, 6.07) is 6.72. The van der Waals surface area contributed by atoms with Gasteiger partial charge in [-0.3, -0.25) is 0 Å². The number of hydrogen-bond donors (Lipinski definition) is 1. The highest BCUT2D eigenvalue weighted by atomic mass is 16.5. The van der Waals surface area contributed by atoms with Crippen molar-refractivity contribution in [1.82, 2.24) is 5.32 Å². The summed E-state index contributed by atoms with van der Waals surface area (Å²) in [5.74, 6) is 1.08. The van der Waals surface area contributed by atoms with Gasteiger partial charge in [0.05, 0.1) is 0 Å². The summed E-state index contributed by atoms with van der Waals surface area (Å²) in [4.78, 5) is 0. The van der Waals surface area contributed by atoms with Gasteiger partial charge in [0, 0.05) is 6.42 Å². The molecule has 1 aromatic carbocycles. The molecule has 1 aromatic rings. The Morgan fingerprint density at radius 3 is 2.84 bits per heavy atom. The molecule has 2 nitrogen and oxygen atoms in total. The SMILES string of the molecule is CCNCCCCCc1ccc2c(c1)CC(C)(C)O2. The van der Waals surface area contributed by atoms with Crippen LogP contribution >= 0.6 is 0 Å². The number of benzene rings is 1. The minimum absolute atomic E-state index is 0.0211. The van der Waals surface area contributed by atoms with E-state index in [9.17, 15) is 0 Å². The van der Waals surface area contributed by atoms with Crippen molar-refractivity contribution < 1.29 is 4.74 Å². The molecular weight excluding hydrogens is 234 g/mol. The van der Waals surface area contributed by atoms with E-state index in [2.05, 4.69) is 44.3 Å². The van der Waals surface area contributed by atoms with E-state index in [1.54, 1.807) is 0 Å². The van der Waals surface area contributed by atoms with Crippen LogP contribution in [0.5, 0.6) is 5.75 Å². The summed E-state index contributed by atoms with van der Waals surface area (Å²) in [5, 5.41) is 3.37. The first-order valence-corrected chi connectivity index (χ1v) is 7.62. The number of rotatable bonds is 7. The largest absolute Gasteiger partial charge is 0.487 e. The Kier molecular flexibility index (Phi) is 4.87. The molecule has 19 heavy (non-hydrogen) atoms. The van der Waals surface area contributed by atoms with E-state index in [0.717, 1.165) is 25.3 Å². The number of nitrogens with one attached hydrogen (secondary N) is 1. The molecule has 0 atom stereocenters. The Morgan fingerprint density at radius 2 is 2.05 bits per heavy atom. The molecule has 1 aliphatic heterocycles. The average Bonchev–Trinajstić information content (AvgIpc) is 2.66. The Bertz CT molecular complexity index is 412. The van der Waals surface area contributed by atoms with Crippen molar-refractivity contribution in [2.24, 2.45) is 0 Å². The first-order valence-electron chi connectivity index (χ1n) is 7.62. The van der Waals surface area contributed by atoms with Crippen LogP contribution in [0, 0.1) is 0 Å². The Hall–Kier alpha value is -1.02. The van der Waals surface area contributed by atoms with Gasteiger partial charge in [-0.05, 0) is 63.4 Å². The number of fused-ring (bicyclic) bond motifs is 1. The maximum atomic E-state index is 5.91. The van der Waals surface area contributed by atoms with Crippen molar-refractivity contribution >= 4 is 0 Å². The van der Waals surface area contributed by atoms with E-state index >= 15 is 0 Å². The monoisotopic (exact) mass is 261 g/mol. The maximum absolute atomic E-state index is 5.91. The third-order valence-electron chi connectivity index (χ3n) is 3.70. The molecular formula is C17H27NO. The molecule has 0 aliphatic carbocycles. The molecule has 0 aromatic heterocycles. The van der Waals surface area contributed by atoms with Gasteiger partial charge in [0.2, 0.25) is 0 Å². The molecule has 1 heterocycles. The summed E-state index contributed by atoms with van der Waals surface area (Å²) < 4.78 is 5.91. The summed E-state index contributed by atoms with van der Waals surface area (Å²) in [5.41, 5.74) is 2.82. The minimum atomic E-state index is -0.0211. The Labute approximate surface area is 117 Å². The van der Waals surface area contributed by atoms with E-state index in [0.29, 0.717) is 0 Å². The van der Waals surface area contributed by atoms with Crippen LogP contribution in [-0.4, -0.2) is 18.7 Å². The second-order valence-corrected chi connectivity index (χ2v) is 6.14. The van der Waals surface area contributed by atoms with Gasteiger partial charge < -0.3 is 10.1 Å². The lowest BCUT2D eigenvalue weighted by Gasteiger charge is -2.16. The van der Waals surface area contributed by atoms with Crippen LogP contribution in [0.3, 0.4) is 0 Å². The fourth-order valence-electron chi connectivity index (χ4n) is 2.75. The zero-order valence-corrected chi connectivity index (χ0v) is 12.6. The Balaban J connectivity index is 1.77. The van der Waals surface area contributed by atoms with Crippen molar-refractivity contribution in [3.63, 3.8) is 0 Å². The molecule has 1 aliphatic rings. The zero-order valence-electron chi connectivity index (χ0n) is 12.6. The van der Waals surface area contributed by atoms with Crippen molar-refractivity contribution in [2.45, 2.75) is 58.5 Å². The van der Waals surface area contributed by atoms with Gasteiger partial charge >= 0.3 is 0 Å². The molecule has 0 saturated heterocycles. The topological polar surface area (TPSA) is 21.3 Å². The quantitative estimate of drug-likeness (QED) is 0.755. The van der Waals surface area contributed by atoms with Crippen molar-refractivity contribution in [3.05, 3.63) is 29.3 Å². The summed E-state index contributed by atoms with van der Waals surface area (Å²) >= 11 is 0. The number of hydrogen-bond acceptors (Lipinski definition) is 2. The zero-order chi connectivity index (χ0) is 13.7. The summed E-state index contributed by atoms with van der Waals surface area (Å²) in [6.07, 6.45) is 6.12. The minimum Gasteiger partial charge on any atom is -0.487 e. The highest BCUT2D eigenvalue weighted by Gasteiger charge is 2.29. The molecule has 0 fully saturated rings. The van der Waals surface area contributed by atoms with Crippen LogP contribution in [0.4, 0.5) is 0 Å². The fourth-order valence-corrected chi connectivity index (χ4v) is 2.75. The molecule has 0 unspecified atom stereocenters. The lowest BCUT2D eigenvalue weighted by molar-refractivity contribution is 0.138. The summed E-state index contributed by atoms with van der Waals surface area (Å²) in [6.45, 7) is 8.72. The average molecular weight is 261 g/mol. The first-order chi connectivity index (χ1) is 9.11. The van der Waals surface area contributed by atoms with Gasteiger partial charge in [-0.1, -0.05) is 25.5 Å². The van der Waals surface area contributed by atoms with E-state index in [1.165, 1.54) is 36.8 Å². The van der Waals surface area contributed by atoms with E-state index in [-0.39, 0.29) is 5.60 Å². The summed E-state index contributed by atoms with van der Waals surface area (Å²) in [7, 11) is 0. The maximum Gasteiger partial charge on any atom is 0.123 e. The molecule has 0 radical (unpaired) electrons. The lowest BCUT2D eigenvalue weighted by atomic mass is 9.98.